The molecule has 1 aliphatic heterocycles. The van der Waals surface area contributed by atoms with Crippen molar-refractivity contribution >= 4 is 0 Å². The van der Waals surface area contributed by atoms with Gasteiger partial charge in [0.25, 0.3) is 0 Å². The third-order valence-electron chi connectivity index (χ3n) is 2.49. The molecular formula is C11H15NO2. The molecule has 2 rings (SSSR count). The van der Waals surface area contributed by atoms with E-state index in [0.29, 0.717) is 6.04 Å². The van der Waals surface area contributed by atoms with Crippen LogP contribution in [0.5, 0.6) is 0 Å². The van der Waals surface area contributed by atoms with E-state index in [1.165, 1.54) is 5.56 Å². The fraction of sp³-hybridized carbons (Fsp3) is 0.455. The number of ether oxygens (including phenoxy) is 1. The van der Waals surface area contributed by atoms with Gasteiger partial charge in [0, 0.05) is 6.54 Å². The summed E-state index contributed by atoms with van der Waals surface area (Å²) in [6.07, 6.45) is 0. The number of hydrogen-bond acceptors (Lipinski definition) is 3. The van der Waals surface area contributed by atoms with Crippen LogP contribution in [0, 0.1) is 0 Å². The van der Waals surface area contributed by atoms with Gasteiger partial charge < -0.3 is 15.2 Å². The van der Waals surface area contributed by atoms with Crippen LogP contribution in [0.15, 0.2) is 24.3 Å². The lowest BCUT2D eigenvalue weighted by molar-refractivity contribution is 0.0769. The monoisotopic (exact) mass is 193 g/mol. The maximum atomic E-state index is 8.90. The van der Waals surface area contributed by atoms with Crippen LogP contribution in [-0.4, -0.2) is 24.9 Å². The predicted molar refractivity (Wildman–Crippen MR) is 53.9 cm³/mol. The SMILES string of the molecule is OCc1ccc(C2COCCN2)cc1. The van der Waals surface area contributed by atoms with E-state index in [-0.39, 0.29) is 6.61 Å². The molecule has 1 unspecified atom stereocenters. The van der Waals surface area contributed by atoms with Gasteiger partial charge in [-0.2, -0.15) is 0 Å². The fourth-order valence-electron chi connectivity index (χ4n) is 1.63. The third-order valence-corrected chi connectivity index (χ3v) is 2.49. The van der Waals surface area contributed by atoms with Crippen LogP contribution in [0.3, 0.4) is 0 Å². The highest BCUT2D eigenvalue weighted by molar-refractivity contribution is 5.24. The molecule has 0 bridgehead atoms. The van der Waals surface area contributed by atoms with Gasteiger partial charge in [-0.1, -0.05) is 24.3 Å². The lowest BCUT2D eigenvalue weighted by atomic mass is 10.1. The average Bonchev–Trinajstić information content (AvgIpc) is 2.30. The summed E-state index contributed by atoms with van der Waals surface area (Å²) >= 11 is 0. The molecule has 1 heterocycles. The number of hydrogen-bond donors (Lipinski definition) is 2. The average molecular weight is 193 g/mol. The van der Waals surface area contributed by atoms with E-state index in [1.807, 2.05) is 24.3 Å². The van der Waals surface area contributed by atoms with Crippen molar-refractivity contribution < 1.29 is 9.84 Å². The van der Waals surface area contributed by atoms with E-state index in [4.69, 9.17) is 9.84 Å². The molecule has 76 valence electrons. The lowest BCUT2D eigenvalue weighted by Gasteiger charge is -2.24. The standard InChI is InChI=1S/C11H15NO2/c13-7-9-1-3-10(4-2-9)11-8-14-6-5-12-11/h1-4,11-13H,5-8H2. The van der Waals surface area contributed by atoms with E-state index in [2.05, 4.69) is 5.32 Å². The van der Waals surface area contributed by atoms with Gasteiger partial charge in [-0.3, -0.25) is 0 Å². The Bertz CT molecular complexity index is 278. The number of rotatable bonds is 2. The zero-order valence-electron chi connectivity index (χ0n) is 8.07. The summed E-state index contributed by atoms with van der Waals surface area (Å²) in [5.74, 6) is 0. The molecule has 0 radical (unpaired) electrons. The second-order valence-electron chi connectivity index (χ2n) is 3.48. The molecule has 0 aromatic heterocycles. The molecule has 3 heteroatoms. The van der Waals surface area contributed by atoms with Crippen molar-refractivity contribution in [2.75, 3.05) is 19.8 Å². The molecule has 1 saturated heterocycles. The Morgan fingerprint density at radius 2 is 2.14 bits per heavy atom. The predicted octanol–water partition coefficient (Wildman–Crippen LogP) is 0.840. The number of benzene rings is 1. The summed E-state index contributed by atoms with van der Waals surface area (Å²) in [7, 11) is 0. The zero-order valence-corrected chi connectivity index (χ0v) is 8.07. The highest BCUT2D eigenvalue weighted by atomic mass is 16.5. The summed E-state index contributed by atoms with van der Waals surface area (Å²) in [5.41, 5.74) is 2.17. The minimum absolute atomic E-state index is 0.106. The second-order valence-corrected chi connectivity index (χ2v) is 3.48. The molecule has 0 amide bonds. The summed E-state index contributed by atoms with van der Waals surface area (Å²) < 4.78 is 5.38. The fourth-order valence-corrected chi connectivity index (χ4v) is 1.63. The topological polar surface area (TPSA) is 41.5 Å². The molecule has 0 spiro atoms. The summed E-state index contributed by atoms with van der Waals surface area (Å²) in [4.78, 5) is 0. The lowest BCUT2D eigenvalue weighted by Crippen LogP contribution is -2.34. The number of aliphatic hydroxyl groups is 1. The Morgan fingerprint density at radius 1 is 1.36 bits per heavy atom. The Kier molecular flexibility index (Phi) is 3.14. The Labute approximate surface area is 83.7 Å². The van der Waals surface area contributed by atoms with Crippen LogP contribution in [0.1, 0.15) is 17.2 Å². The summed E-state index contributed by atoms with van der Waals surface area (Å²) in [6, 6.07) is 8.28. The van der Waals surface area contributed by atoms with Gasteiger partial charge in [-0.15, -0.1) is 0 Å². The van der Waals surface area contributed by atoms with Crippen LogP contribution in [0.2, 0.25) is 0 Å². The van der Waals surface area contributed by atoms with Gasteiger partial charge in [-0.25, -0.2) is 0 Å². The normalized spacial score (nSPS) is 22.2. The van der Waals surface area contributed by atoms with E-state index < -0.39 is 0 Å². The van der Waals surface area contributed by atoms with Gasteiger partial charge in [0.05, 0.1) is 25.9 Å². The largest absolute Gasteiger partial charge is 0.392 e. The van der Waals surface area contributed by atoms with Gasteiger partial charge in [0.1, 0.15) is 0 Å². The van der Waals surface area contributed by atoms with Crippen molar-refractivity contribution in [2.45, 2.75) is 12.6 Å². The molecule has 3 nitrogen and oxygen atoms in total. The number of aliphatic hydroxyl groups excluding tert-OH is 1. The first-order valence-electron chi connectivity index (χ1n) is 4.91. The smallest absolute Gasteiger partial charge is 0.0681 e. The molecule has 2 N–H and O–H groups in total. The Balaban J connectivity index is 2.07. The third kappa shape index (κ3) is 2.12. The molecule has 14 heavy (non-hydrogen) atoms. The second kappa shape index (κ2) is 4.55. The number of morpholine rings is 1. The van der Waals surface area contributed by atoms with Crippen molar-refractivity contribution in [3.05, 3.63) is 35.4 Å². The van der Waals surface area contributed by atoms with Crippen LogP contribution in [-0.2, 0) is 11.3 Å². The highest BCUT2D eigenvalue weighted by Gasteiger charge is 2.14. The molecule has 1 atom stereocenters. The Morgan fingerprint density at radius 3 is 2.71 bits per heavy atom. The highest BCUT2D eigenvalue weighted by Crippen LogP contribution is 2.16. The molecular weight excluding hydrogens is 178 g/mol. The maximum absolute atomic E-state index is 8.90. The zero-order chi connectivity index (χ0) is 9.80. The van der Waals surface area contributed by atoms with Crippen LogP contribution >= 0.6 is 0 Å². The van der Waals surface area contributed by atoms with E-state index in [1.54, 1.807) is 0 Å². The molecule has 1 aromatic carbocycles. The minimum atomic E-state index is 0.106. The van der Waals surface area contributed by atoms with Crippen molar-refractivity contribution in [1.29, 1.82) is 0 Å². The van der Waals surface area contributed by atoms with Crippen molar-refractivity contribution in [3.63, 3.8) is 0 Å². The van der Waals surface area contributed by atoms with Crippen LogP contribution in [0.4, 0.5) is 0 Å². The van der Waals surface area contributed by atoms with Crippen molar-refractivity contribution in [1.82, 2.24) is 5.32 Å². The van der Waals surface area contributed by atoms with Gasteiger partial charge in [0.2, 0.25) is 0 Å². The summed E-state index contributed by atoms with van der Waals surface area (Å²) in [5, 5.41) is 12.3. The minimum Gasteiger partial charge on any atom is -0.392 e. The summed E-state index contributed by atoms with van der Waals surface area (Å²) in [6.45, 7) is 2.55. The van der Waals surface area contributed by atoms with Crippen LogP contribution in [0.25, 0.3) is 0 Å². The Hall–Kier alpha value is -0.900. The first kappa shape index (κ1) is 9.65. The molecule has 1 aromatic rings. The quantitative estimate of drug-likeness (QED) is 0.731. The van der Waals surface area contributed by atoms with E-state index >= 15 is 0 Å². The number of nitrogens with one attached hydrogen (secondary N) is 1. The molecule has 0 aliphatic carbocycles. The van der Waals surface area contributed by atoms with Gasteiger partial charge >= 0.3 is 0 Å². The van der Waals surface area contributed by atoms with Crippen molar-refractivity contribution in [2.24, 2.45) is 0 Å². The molecule has 1 fully saturated rings. The van der Waals surface area contributed by atoms with Gasteiger partial charge in [-0.05, 0) is 11.1 Å². The maximum Gasteiger partial charge on any atom is 0.0681 e. The van der Waals surface area contributed by atoms with Crippen molar-refractivity contribution in [3.8, 4) is 0 Å². The van der Waals surface area contributed by atoms with E-state index in [9.17, 15) is 0 Å². The van der Waals surface area contributed by atoms with Gasteiger partial charge in [0.15, 0.2) is 0 Å². The van der Waals surface area contributed by atoms with E-state index in [0.717, 1.165) is 25.3 Å². The first-order valence-corrected chi connectivity index (χ1v) is 4.91. The first-order chi connectivity index (χ1) is 6.90. The van der Waals surface area contributed by atoms with Crippen LogP contribution < -0.4 is 5.32 Å². The molecule has 1 aliphatic rings. The molecule has 0 saturated carbocycles.